The van der Waals surface area contributed by atoms with Gasteiger partial charge in [-0.15, -0.1) is 0 Å². The van der Waals surface area contributed by atoms with Gasteiger partial charge in [0.05, 0.1) is 0 Å². The van der Waals surface area contributed by atoms with Crippen LogP contribution in [0.25, 0.3) is 0 Å². The SMILES string of the molecule is CC(C)C(=O)CC(C)(C)C(=O)C(=O)O. The van der Waals surface area contributed by atoms with Crippen molar-refractivity contribution in [2.24, 2.45) is 11.3 Å². The first-order valence-corrected chi connectivity index (χ1v) is 4.49. The number of aliphatic carboxylic acids is 1. The third-order valence-electron chi connectivity index (χ3n) is 2.07. The molecule has 0 aliphatic heterocycles. The lowest BCUT2D eigenvalue weighted by atomic mass is 9.81. The van der Waals surface area contributed by atoms with Crippen molar-refractivity contribution >= 4 is 17.5 Å². The molecule has 0 bridgehead atoms. The second-order valence-corrected chi connectivity index (χ2v) is 4.32. The van der Waals surface area contributed by atoms with Crippen molar-refractivity contribution < 1.29 is 19.5 Å². The molecule has 0 aromatic rings. The summed E-state index contributed by atoms with van der Waals surface area (Å²) in [7, 11) is 0. The number of Topliss-reactive ketones (excluding diaryl/α,β-unsaturated/α-hetero) is 2. The molecule has 1 N–H and O–H groups in total. The fourth-order valence-corrected chi connectivity index (χ4v) is 1.01. The van der Waals surface area contributed by atoms with Gasteiger partial charge in [-0.2, -0.15) is 0 Å². The monoisotopic (exact) mass is 200 g/mol. The average Bonchev–Trinajstić information content (AvgIpc) is 2.01. The smallest absolute Gasteiger partial charge is 0.372 e. The summed E-state index contributed by atoms with van der Waals surface area (Å²) >= 11 is 0. The molecule has 0 unspecified atom stereocenters. The molecule has 0 aromatic carbocycles. The van der Waals surface area contributed by atoms with Gasteiger partial charge in [-0.1, -0.05) is 27.7 Å². The average molecular weight is 200 g/mol. The Morgan fingerprint density at radius 1 is 1.21 bits per heavy atom. The van der Waals surface area contributed by atoms with Crippen LogP contribution >= 0.6 is 0 Å². The fourth-order valence-electron chi connectivity index (χ4n) is 1.01. The number of hydrogen-bond donors (Lipinski definition) is 1. The topological polar surface area (TPSA) is 71.4 Å². The first-order chi connectivity index (χ1) is 6.18. The molecule has 0 fully saturated rings. The predicted molar refractivity (Wildman–Crippen MR) is 50.9 cm³/mol. The standard InChI is InChI=1S/C10H16O4/c1-6(2)7(11)5-10(3,4)8(12)9(13)14/h6H,5H2,1-4H3,(H,13,14). The molecule has 0 heterocycles. The molecular formula is C10H16O4. The first kappa shape index (κ1) is 12.8. The van der Waals surface area contributed by atoms with Crippen LogP contribution in [0.5, 0.6) is 0 Å². The predicted octanol–water partition coefficient (Wildman–Crippen LogP) is 1.28. The third kappa shape index (κ3) is 3.28. The minimum atomic E-state index is -1.48. The molecule has 0 amide bonds. The van der Waals surface area contributed by atoms with Crippen LogP contribution in [0.1, 0.15) is 34.1 Å². The van der Waals surface area contributed by atoms with E-state index in [4.69, 9.17) is 5.11 Å². The van der Waals surface area contributed by atoms with E-state index in [1.54, 1.807) is 13.8 Å². The number of carbonyl (C=O) groups excluding carboxylic acids is 2. The Labute approximate surface area is 83.3 Å². The van der Waals surface area contributed by atoms with Crippen molar-refractivity contribution in [2.75, 3.05) is 0 Å². The van der Waals surface area contributed by atoms with Gasteiger partial charge in [0.1, 0.15) is 5.78 Å². The Hall–Kier alpha value is -1.19. The van der Waals surface area contributed by atoms with Gasteiger partial charge in [0.2, 0.25) is 5.78 Å². The van der Waals surface area contributed by atoms with Gasteiger partial charge in [-0.05, 0) is 0 Å². The maximum Gasteiger partial charge on any atom is 0.372 e. The first-order valence-electron chi connectivity index (χ1n) is 4.49. The minimum Gasteiger partial charge on any atom is -0.475 e. The third-order valence-corrected chi connectivity index (χ3v) is 2.07. The summed E-state index contributed by atoms with van der Waals surface area (Å²) in [5.74, 6) is -2.65. The molecule has 0 saturated heterocycles. The Morgan fingerprint density at radius 2 is 1.64 bits per heavy atom. The van der Waals surface area contributed by atoms with Gasteiger partial charge < -0.3 is 5.11 Å². The molecule has 0 radical (unpaired) electrons. The van der Waals surface area contributed by atoms with E-state index in [2.05, 4.69) is 0 Å². The molecule has 0 saturated carbocycles. The summed E-state index contributed by atoms with van der Waals surface area (Å²) in [4.78, 5) is 32.9. The van der Waals surface area contributed by atoms with Crippen molar-refractivity contribution in [1.82, 2.24) is 0 Å². The van der Waals surface area contributed by atoms with E-state index in [9.17, 15) is 14.4 Å². The number of rotatable bonds is 5. The van der Waals surface area contributed by atoms with E-state index in [0.717, 1.165) is 0 Å². The zero-order valence-corrected chi connectivity index (χ0v) is 8.96. The van der Waals surface area contributed by atoms with E-state index in [1.807, 2.05) is 0 Å². The van der Waals surface area contributed by atoms with Crippen LogP contribution in [0.15, 0.2) is 0 Å². The molecule has 80 valence electrons. The van der Waals surface area contributed by atoms with Crippen LogP contribution in [0.2, 0.25) is 0 Å². The van der Waals surface area contributed by atoms with Gasteiger partial charge in [-0.3, -0.25) is 9.59 Å². The lowest BCUT2D eigenvalue weighted by molar-refractivity contribution is -0.154. The maximum absolute atomic E-state index is 11.3. The fraction of sp³-hybridized carbons (Fsp3) is 0.700. The summed E-state index contributed by atoms with van der Waals surface area (Å²) in [6.07, 6.45) is -0.0181. The normalized spacial score (nSPS) is 11.5. The van der Waals surface area contributed by atoms with Crippen molar-refractivity contribution in [3.05, 3.63) is 0 Å². The van der Waals surface area contributed by atoms with Gasteiger partial charge in [0, 0.05) is 17.8 Å². The maximum atomic E-state index is 11.3. The van der Waals surface area contributed by atoms with Crippen LogP contribution in [-0.2, 0) is 14.4 Å². The number of hydrogen-bond acceptors (Lipinski definition) is 3. The van der Waals surface area contributed by atoms with E-state index < -0.39 is 17.2 Å². The number of carboxylic acid groups (broad SMARTS) is 1. The Morgan fingerprint density at radius 3 is 1.93 bits per heavy atom. The van der Waals surface area contributed by atoms with Crippen LogP contribution in [0.4, 0.5) is 0 Å². The van der Waals surface area contributed by atoms with Gasteiger partial charge in [0.25, 0.3) is 0 Å². The molecular weight excluding hydrogens is 184 g/mol. The molecule has 4 nitrogen and oxygen atoms in total. The molecule has 0 aliphatic rings. The Kier molecular flexibility index (Phi) is 3.98. The van der Waals surface area contributed by atoms with E-state index in [0.29, 0.717) is 0 Å². The van der Waals surface area contributed by atoms with Gasteiger partial charge in [0.15, 0.2) is 0 Å². The minimum absolute atomic E-state index is 0.0181. The molecule has 4 heteroatoms. The van der Waals surface area contributed by atoms with E-state index in [1.165, 1.54) is 13.8 Å². The van der Waals surface area contributed by atoms with Gasteiger partial charge in [-0.25, -0.2) is 4.79 Å². The quantitative estimate of drug-likeness (QED) is 0.678. The molecule has 0 rings (SSSR count). The molecule has 14 heavy (non-hydrogen) atoms. The zero-order valence-electron chi connectivity index (χ0n) is 8.96. The molecule has 0 aliphatic carbocycles. The van der Waals surface area contributed by atoms with Crippen molar-refractivity contribution in [1.29, 1.82) is 0 Å². The number of carboxylic acids is 1. The summed E-state index contributed by atoms with van der Waals surface area (Å²) in [6, 6.07) is 0. The number of carbonyl (C=O) groups is 3. The van der Waals surface area contributed by atoms with Crippen molar-refractivity contribution in [3.8, 4) is 0 Å². The Bertz CT molecular complexity index is 263. The lowest BCUT2D eigenvalue weighted by Crippen LogP contribution is -2.34. The highest BCUT2D eigenvalue weighted by atomic mass is 16.4. The van der Waals surface area contributed by atoms with Gasteiger partial charge >= 0.3 is 5.97 Å². The lowest BCUT2D eigenvalue weighted by Gasteiger charge is -2.20. The summed E-state index contributed by atoms with van der Waals surface area (Å²) in [5, 5.41) is 8.51. The number of ketones is 2. The van der Waals surface area contributed by atoms with Crippen LogP contribution in [-0.4, -0.2) is 22.6 Å². The second kappa shape index (κ2) is 4.35. The summed E-state index contributed by atoms with van der Waals surface area (Å²) < 4.78 is 0. The highest BCUT2D eigenvalue weighted by molar-refractivity contribution is 6.35. The van der Waals surface area contributed by atoms with Crippen LogP contribution in [0, 0.1) is 11.3 Å². The van der Waals surface area contributed by atoms with Crippen LogP contribution in [0.3, 0.4) is 0 Å². The second-order valence-electron chi connectivity index (χ2n) is 4.32. The molecule has 0 spiro atoms. The zero-order chi connectivity index (χ0) is 11.5. The van der Waals surface area contributed by atoms with Crippen molar-refractivity contribution in [3.63, 3.8) is 0 Å². The molecule has 0 atom stereocenters. The Balaban J connectivity index is 4.57. The summed E-state index contributed by atoms with van der Waals surface area (Å²) in [6.45, 7) is 6.40. The highest BCUT2D eigenvalue weighted by Crippen LogP contribution is 2.23. The van der Waals surface area contributed by atoms with E-state index >= 15 is 0 Å². The van der Waals surface area contributed by atoms with E-state index in [-0.39, 0.29) is 18.1 Å². The highest BCUT2D eigenvalue weighted by Gasteiger charge is 2.35. The van der Waals surface area contributed by atoms with Crippen LogP contribution < -0.4 is 0 Å². The largest absolute Gasteiger partial charge is 0.475 e. The molecule has 0 aromatic heterocycles. The van der Waals surface area contributed by atoms with Crippen molar-refractivity contribution in [2.45, 2.75) is 34.1 Å². The summed E-state index contributed by atoms with van der Waals surface area (Å²) in [5.41, 5.74) is -1.10.